The molecule has 0 radical (unpaired) electrons. The first-order valence-electron chi connectivity index (χ1n) is 17.0. The van der Waals surface area contributed by atoms with Crippen molar-refractivity contribution in [3.05, 3.63) is 157 Å². The summed E-state index contributed by atoms with van der Waals surface area (Å²) in [7, 11) is -1.42. The quantitative estimate of drug-likeness (QED) is 0.168. The van der Waals surface area contributed by atoms with Crippen molar-refractivity contribution in [1.82, 2.24) is 15.0 Å². The zero-order valence-corrected chi connectivity index (χ0v) is 29.7. The number of fused-ring (bicyclic) bond motifs is 3. The van der Waals surface area contributed by atoms with E-state index in [4.69, 9.17) is 15.0 Å². The molecule has 0 bridgehead atoms. The third kappa shape index (κ3) is 5.72. The molecule has 4 heteroatoms. The molecule has 1 aliphatic carbocycles. The molecule has 3 nitrogen and oxygen atoms in total. The van der Waals surface area contributed by atoms with Gasteiger partial charge >= 0.3 is 0 Å². The molecule has 0 atom stereocenters. The van der Waals surface area contributed by atoms with Crippen LogP contribution in [0.25, 0.3) is 67.5 Å². The van der Waals surface area contributed by atoms with Crippen molar-refractivity contribution in [2.24, 2.45) is 0 Å². The Morgan fingerprint density at radius 2 is 0.857 bits per heavy atom. The van der Waals surface area contributed by atoms with Gasteiger partial charge in [-0.3, -0.25) is 0 Å². The smallest absolute Gasteiger partial charge is 0.164 e. The molecule has 0 aliphatic heterocycles. The maximum absolute atomic E-state index is 4.96. The van der Waals surface area contributed by atoms with Crippen LogP contribution in [0.3, 0.4) is 0 Å². The molecule has 8 rings (SSSR count). The van der Waals surface area contributed by atoms with Gasteiger partial charge in [-0.15, -0.1) is 0 Å². The number of nitrogens with zero attached hydrogens (tertiary/aromatic N) is 3. The molecule has 1 aromatic heterocycles. The summed E-state index contributed by atoms with van der Waals surface area (Å²) in [6.07, 6.45) is 0. The highest BCUT2D eigenvalue weighted by Crippen LogP contribution is 2.49. The summed E-state index contributed by atoms with van der Waals surface area (Å²) in [6.45, 7) is 12.0. The van der Waals surface area contributed by atoms with Crippen LogP contribution in [0.5, 0.6) is 0 Å². The fourth-order valence-corrected chi connectivity index (χ4v) is 8.21. The largest absolute Gasteiger partial charge is 0.208 e. The maximum atomic E-state index is 4.96. The van der Waals surface area contributed by atoms with E-state index in [1.165, 1.54) is 38.6 Å². The van der Waals surface area contributed by atoms with Crippen molar-refractivity contribution < 1.29 is 0 Å². The second-order valence-electron chi connectivity index (χ2n) is 14.6. The highest BCUT2D eigenvalue weighted by atomic mass is 28.3. The van der Waals surface area contributed by atoms with Crippen LogP contribution in [0.2, 0.25) is 19.6 Å². The second kappa shape index (κ2) is 11.9. The van der Waals surface area contributed by atoms with Crippen molar-refractivity contribution in [3.63, 3.8) is 0 Å². The van der Waals surface area contributed by atoms with Crippen LogP contribution in [-0.4, -0.2) is 23.0 Å². The van der Waals surface area contributed by atoms with Crippen LogP contribution in [0.1, 0.15) is 25.0 Å². The van der Waals surface area contributed by atoms with Crippen LogP contribution in [0.4, 0.5) is 0 Å². The summed E-state index contributed by atoms with van der Waals surface area (Å²) in [4.78, 5) is 14.8. The van der Waals surface area contributed by atoms with E-state index < -0.39 is 8.07 Å². The molecule has 0 saturated heterocycles. The van der Waals surface area contributed by atoms with E-state index in [2.05, 4.69) is 118 Å². The highest BCUT2D eigenvalue weighted by molar-refractivity contribution is 6.88. The van der Waals surface area contributed by atoms with Crippen LogP contribution >= 0.6 is 0 Å². The standard InChI is InChI=1S/C45H39N3Si/c1-45(2)40-25-22-35(28-39(40)38-24-23-37(29-41(38)45)49(3,4)5)33-19-12-18-32(26-33)34-20-13-21-36(27-34)44-47-42(30-14-8-6-9-15-30)46-43(48-44)31-16-10-7-11-17-31/h6-29H,1-5H3. The topological polar surface area (TPSA) is 38.7 Å². The minimum absolute atomic E-state index is 0.0169. The lowest BCUT2D eigenvalue weighted by molar-refractivity contribution is 0.661. The van der Waals surface area contributed by atoms with Crippen LogP contribution < -0.4 is 5.19 Å². The molecular formula is C45H39N3Si. The monoisotopic (exact) mass is 649 g/mol. The molecule has 6 aromatic carbocycles. The Morgan fingerprint density at radius 3 is 1.41 bits per heavy atom. The third-order valence-corrected chi connectivity index (χ3v) is 11.9. The minimum atomic E-state index is -1.42. The van der Waals surface area contributed by atoms with Gasteiger partial charge < -0.3 is 0 Å². The molecule has 1 aliphatic rings. The summed E-state index contributed by atoms with van der Waals surface area (Å²) < 4.78 is 0. The second-order valence-corrected chi connectivity index (χ2v) is 19.7. The number of hydrogen-bond donors (Lipinski definition) is 0. The Hall–Kier alpha value is -5.45. The Morgan fingerprint density at radius 1 is 0.388 bits per heavy atom. The maximum Gasteiger partial charge on any atom is 0.164 e. The highest BCUT2D eigenvalue weighted by Gasteiger charge is 2.36. The van der Waals surface area contributed by atoms with E-state index in [0.29, 0.717) is 17.5 Å². The Balaban J connectivity index is 1.17. The van der Waals surface area contributed by atoms with Gasteiger partial charge in [0, 0.05) is 22.1 Å². The number of benzene rings is 6. The normalized spacial score (nSPS) is 13.2. The van der Waals surface area contributed by atoms with Crippen LogP contribution in [0.15, 0.2) is 146 Å². The van der Waals surface area contributed by atoms with Gasteiger partial charge in [0.25, 0.3) is 0 Å². The van der Waals surface area contributed by atoms with Crippen LogP contribution in [0, 0.1) is 0 Å². The predicted molar refractivity (Wildman–Crippen MR) is 208 cm³/mol. The molecule has 0 amide bonds. The average molecular weight is 650 g/mol. The van der Waals surface area contributed by atoms with Crippen molar-refractivity contribution in [2.75, 3.05) is 0 Å². The van der Waals surface area contributed by atoms with Gasteiger partial charge in [-0.05, 0) is 62.7 Å². The summed E-state index contributed by atoms with van der Waals surface area (Å²) in [5.41, 5.74) is 13.1. The van der Waals surface area contributed by atoms with Gasteiger partial charge in [0.1, 0.15) is 0 Å². The molecule has 238 valence electrons. The van der Waals surface area contributed by atoms with E-state index >= 15 is 0 Å². The molecule has 0 saturated carbocycles. The van der Waals surface area contributed by atoms with Crippen LogP contribution in [-0.2, 0) is 5.41 Å². The third-order valence-electron chi connectivity index (χ3n) is 9.89. The molecule has 0 unspecified atom stereocenters. The SMILES string of the molecule is CC1(C)c2ccc(-c3cccc(-c4cccc(-c5nc(-c6ccccc6)nc(-c6ccccc6)n5)c4)c3)cc2-c2ccc([Si](C)(C)C)cc21. The fourth-order valence-electron chi connectivity index (χ4n) is 7.05. The van der Waals surface area contributed by atoms with E-state index in [9.17, 15) is 0 Å². The van der Waals surface area contributed by atoms with Crippen molar-refractivity contribution in [1.29, 1.82) is 0 Å². The van der Waals surface area contributed by atoms with Gasteiger partial charge in [-0.25, -0.2) is 15.0 Å². The predicted octanol–water partition coefficient (Wildman–Crippen LogP) is 11.1. The minimum Gasteiger partial charge on any atom is -0.208 e. The average Bonchev–Trinajstić information content (AvgIpc) is 3.37. The molecular weight excluding hydrogens is 611 g/mol. The zero-order valence-electron chi connectivity index (χ0n) is 28.7. The molecule has 7 aromatic rings. The van der Waals surface area contributed by atoms with Gasteiger partial charge in [0.2, 0.25) is 0 Å². The molecule has 0 spiro atoms. The van der Waals surface area contributed by atoms with E-state index in [0.717, 1.165) is 27.8 Å². The fraction of sp³-hybridized carbons (Fsp3) is 0.133. The van der Waals surface area contributed by atoms with Crippen molar-refractivity contribution in [2.45, 2.75) is 38.9 Å². The van der Waals surface area contributed by atoms with Gasteiger partial charge in [0.15, 0.2) is 17.5 Å². The summed E-state index contributed by atoms with van der Waals surface area (Å²) in [6, 6.07) is 51.9. The molecule has 49 heavy (non-hydrogen) atoms. The summed E-state index contributed by atoms with van der Waals surface area (Å²) >= 11 is 0. The Labute approximate surface area is 290 Å². The molecule has 1 heterocycles. The van der Waals surface area contributed by atoms with E-state index in [1.54, 1.807) is 0 Å². The van der Waals surface area contributed by atoms with Gasteiger partial charge in [-0.1, -0.05) is 166 Å². The Kier molecular flexibility index (Phi) is 7.50. The van der Waals surface area contributed by atoms with Gasteiger partial charge in [-0.2, -0.15) is 0 Å². The molecule has 0 N–H and O–H groups in total. The van der Waals surface area contributed by atoms with E-state index in [-0.39, 0.29) is 5.41 Å². The van der Waals surface area contributed by atoms with E-state index in [1.807, 2.05) is 60.7 Å². The summed E-state index contributed by atoms with van der Waals surface area (Å²) in [5.74, 6) is 1.98. The first-order valence-corrected chi connectivity index (χ1v) is 20.5. The first-order chi connectivity index (χ1) is 23.6. The molecule has 0 fully saturated rings. The number of aromatic nitrogens is 3. The lowest BCUT2D eigenvalue weighted by Gasteiger charge is -2.24. The lowest BCUT2D eigenvalue weighted by atomic mass is 9.82. The summed E-state index contributed by atoms with van der Waals surface area (Å²) in [5, 5.41) is 1.52. The lowest BCUT2D eigenvalue weighted by Crippen LogP contribution is -2.38. The van der Waals surface area contributed by atoms with Gasteiger partial charge in [0.05, 0.1) is 8.07 Å². The number of rotatable bonds is 6. The van der Waals surface area contributed by atoms with Crippen molar-refractivity contribution in [3.8, 4) is 67.5 Å². The number of hydrogen-bond acceptors (Lipinski definition) is 3. The first kappa shape index (κ1) is 30.9. The Bertz CT molecular complexity index is 2280. The van der Waals surface area contributed by atoms with Crippen molar-refractivity contribution >= 4 is 13.3 Å². The zero-order chi connectivity index (χ0) is 33.8.